The molecule has 2 aromatic rings. The van der Waals surface area contributed by atoms with Crippen molar-refractivity contribution in [2.24, 2.45) is 5.73 Å². The summed E-state index contributed by atoms with van der Waals surface area (Å²) in [6.07, 6.45) is 0. The smallest absolute Gasteiger partial charge is 0.134 e. The van der Waals surface area contributed by atoms with E-state index >= 15 is 0 Å². The molecule has 94 valence electrons. The second kappa shape index (κ2) is 5.98. The Bertz CT molecular complexity index is 545. The first kappa shape index (κ1) is 13.1. The normalized spacial score (nSPS) is 10.4. The minimum Gasteiger partial charge on any atom is -0.488 e. The number of hydrogen-bond acceptors (Lipinski definition) is 2. The minimum absolute atomic E-state index is 0.292. The zero-order valence-electron chi connectivity index (χ0n) is 9.70. The Morgan fingerprint density at radius 3 is 2.61 bits per heavy atom. The van der Waals surface area contributed by atoms with E-state index in [0.29, 0.717) is 23.4 Å². The van der Waals surface area contributed by atoms with Crippen LogP contribution in [0.3, 0.4) is 0 Å². The van der Waals surface area contributed by atoms with Crippen LogP contribution in [0.5, 0.6) is 5.75 Å². The number of nitrogens with two attached hydrogens (primary N) is 1. The first-order valence-electron chi connectivity index (χ1n) is 5.55. The molecule has 2 nitrogen and oxygen atoms in total. The molecule has 0 unspecified atom stereocenters. The lowest BCUT2D eigenvalue weighted by Crippen LogP contribution is -2.00. The zero-order valence-corrected chi connectivity index (χ0v) is 11.3. The van der Waals surface area contributed by atoms with Crippen LogP contribution < -0.4 is 10.5 Å². The lowest BCUT2D eigenvalue weighted by Gasteiger charge is -2.09. The van der Waals surface area contributed by atoms with Crippen LogP contribution in [-0.4, -0.2) is 0 Å². The Morgan fingerprint density at radius 1 is 1.11 bits per heavy atom. The number of halogens is 2. The average molecular weight is 310 g/mol. The van der Waals surface area contributed by atoms with E-state index in [-0.39, 0.29) is 5.82 Å². The molecule has 0 saturated carbocycles. The molecule has 0 amide bonds. The van der Waals surface area contributed by atoms with Crippen molar-refractivity contribution < 1.29 is 9.13 Å². The highest BCUT2D eigenvalue weighted by Crippen LogP contribution is 2.26. The van der Waals surface area contributed by atoms with Crippen molar-refractivity contribution in [3.05, 3.63) is 63.9 Å². The first-order valence-corrected chi connectivity index (χ1v) is 6.34. The number of rotatable bonds is 4. The quantitative estimate of drug-likeness (QED) is 0.936. The summed E-state index contributed by atoms with van der Waals surface area (Å²) in [6, 6.07) is 12.2. The standard InChI is InChI=1S/C14H13BrFNO/c15-13-7-12(16)4-5-14(13)18-9-11-3-1-2-10(6-11)8-17/h1-7H,8-9,17H2. The van der Waals surface area contributed by atoms with E-state index < -0.39 is 0 Å². The summed E-state index contributed by atoms with van der Waals surface area (Å²) in [5.74, 6) is 0.328. The molecule has 0 bridgehead atoms. The Hall–Kier alpha value is -1.39. The third kappa shape index (κ3) is 3.31. The molecule has 18 heavy (non-hydrogen) atoms. The van der Waals surface area contributed by atoms with Crippen LogP contribution in [0.2, 0.25) is 0 Å². The molecular formula is C14H13BrFNO. The summed E-state index contributed by atoms with van der Waals surface area (Å²) >= 11 is 3.26. The van der Waals surface area contributed by atoms with E-state index in [0.717, 1.165) is 11.1 Å². The molecule has 0 saturated heterocycles. The predicted molar refractivity (Wildman–Crippen MR) is 72.8 cm³/mol. The average Bonchev–Trinajstić information content (AvgIpc) is 2.38. The van der Waals surface area contributed by atoms with E-state index in [1.54, 1.807) is 6.07 Å². The summed E-state index contributed by atoms with van der Waals surface area (Å²) in [4.78, 5) is 0. The van der Waals surface area contributed by atoms with Gasteiger partial charge in [0.05, 0.1) is 4.47 Å². The summed E-state index contributed by atoms with van der Waals surface area (Å²) in [5, 5.41) is 0. The fraction of sp³-hybridized carbons (Fsp3) is 0.143. The van der Waals surface area contributed by atoms with Gasteiger partial charge in [-0.1, -0.05) is 24.3 Å². The number of hydrogen-bond donors (Lipinski definition) is 1. The van der Waals surface area contributed by atoms with Gasteiger partial charge in [0, 0.05) is 6.54 Å². The number of benzene rings is 2. The maximum absolute atomic E-state index is 12.9. The van der Waals surface area contributed by atoms with Gasteiger partial charge in [-0.05, 0) is 45.3 Å². The highest BCUT2D eigenvalue weighted by Gasteiger charge is 2.03. The van der Waals surface area contributed by atoms with Gasteiger partial charge in [-0.15, -0.1) is 0 Å². The molecule has 0 spiro atoms. The Labute approximate surface area is 114 Å². The third-order valence-corrected chi connectivity index (χ3v) is 3.14. The van der Waals surface area contributed by atoms with Gasteiger partial charge in [0.15, 0.2) is 0 Å². The largest absolute Gasteiger partial charge is 0.488 e. The zero-order chi connectivity index (χ0) is 13.0. The van der Waals surface area contributed by atoms with E-state index in [1.807, 2.05) is 24.3 Å². The van der Waals surface area contributed by atoms with Crippen LogP contribution in [0, 0.1) is 5.82 Å². The summed E-state index contributed by atoms with van der Waals surface area (Å²) < 4.78 is 19.1. The van der Waals surface area contributed by atoms with Crippen molar-refractivity contribution >= 4 is 15.9 Å². The lowest BCUT2D eigenvalue weighted by molar-refractivity contribution is 0.303. The van der Waals surface area contributed by atoms with Gasteiger partial charge in [0.25, 0.3) is 0 Å². The van der Waals surface area contributed by atoms with E-state index in [9.17, 15) is 4.39 Å². The van der Waals surface area contributed by atoms with Crippen LogP contribution in [0.4, 0.5) is 4.39 Å². The lowest BCUT2D eigenvalue weighted by atomic mass is 10.1. The molecule has 0 fully saturated rings. The van der Waals surface area contributed by atoms with E-state index in [2.05, 4.69) is 15.9 Å². The molecular weight excluding hydrogens is 297 g/mol. The SMILES string of the molecule is NCc1cccc(COc2ccc(F)cc2Br)c1. The van der Waals surface area contributed by atoms with Crippen LogP contribution in [0.15, 0.2) is 46.9 Å². The second-order valence-electron chi connectivity index (χ2n) is 3.89. The van der Waals surface area contributed by atoms with Gasteiger partial charge in [-0.3, -0.25) is 0 Å². The summed E-state index contributed by atoms with van der Waals surface area (Å²) in [7, 11) is 0. The van der Waals surface area contributed by atoms with Gasteiger partial charge in [-0.25, -0.2) is 4.39 Å². The van der Waals surface area contributed by atoms with E-state index in [1.165, 1.54) is 12.1 Å². The highest BCUT2D eigenvalue weighted by molar-refractivity contribution is 9.10. The van der Waals surface area contributed by atoms with Gasteiger partial charge >= 0.3 is 0 Å². The van der Waals surface area contributed by atoms with Crippen molar-refractivity contribution in [1.29, 1.82) is 0 Å². The van der Waals surface area contributed by atoms with Crippen LogP contribution in [0.25, 0.3) is 0 Å². The molecule has 0 aliphatic heterocycles. The van der Waals surface area contributed by atoms with Gasteiger partial charge in [-0.2, -0.15) is 0 Å². The van der Waals surface area contributed by atoms with Crippen LogP contribution in [-0.2, 0) is 13.2 Å². The molecule has 0 radical (unpaired) electrons. The van der Waals surface area contributed by atoms with Crippen molar-refractivity contribution in [3.63, 3.8) is 0 Å². The highest BCUT2D eigenvalue weighted by atomic mass is 79.9. The summed E-state index contributed by atoms with van der Waals surface area (Å²) in [6.45, 7) is 0.937. The topological polar surface area (TPSA) is 35.2 Å². The molecule has 2 N–H and O–H groups in total. The maximum atomic E-state index is 12.9. The molecule has 2 aromatic carbocycles. The first-order chi connectivity index (χ1) is 8.69. The van der Waals surface area contributed by atoms with Gasteiger partial charge in [0.2, 0.25) is 0 Å². The minimum atomic E-state index is -0.292. The molecule has 0 aliphatic rings. The van der Waals surface area contributed by atoms with Crippen molar-refractivity contribution in [3.8, 4) is 5.75 Å². The fourth-order valence-electron chi connectivity index (χ4n) is 1.60. The third-order valence-electron chi connectivity index (χ3n) is 2.52. The van der Waals surface area contributed by atoms with Crippen LogP contribution in [0.1, 0.15) is 11.1 Å². The van der Waals surface area contributed by atoms with Gasteiger partial charge < -0.3 is 10.5 Å². The molecule has 0 heterocycles. The Kier molecular flexibility index (Phi) is 4.33. The fourth-order valence-corrected chi connectivity index (χ4v) is 2.07. The summed E-state index contributed by atoms with van der Waals surface area (Å²) in [5.41, 5.74) is 7.68. The molecule has 0 atom stereocenters. The Morgan fingerprint density at radius 2 is 1.89 bits per heavy atom. The van der Waals surface area contributed by atoms with Crippen molar-refractivity contribution in [2.75, 3.05) is 0 Å². The van der Waals surface area contributed by atoms with Crippen LogP contribution >= 0.6 is 15.9 Å². The maximum Gasteiger partial charge on any atom is 0.134 e. The predicted octanol–water partition coefficient (Wildman–Crippen LogP) is 3.63. The second-order valence-corrected chi connectivity index (χ2v) is 4.74. The molecule has 4 heteroatoms. The Balaban J connectivity index is 2.06. The van der Waals surface area contributed by atoms with Crippen molar-refractivity contribution in [2.45, 2.75) is 13.2 Å². The van der Waals surface area contributed by atoms with Gasteiger partial charge in [0.1, 0.15) is 18.2 Å². The molecule has 0 aliphatic carbocycles. The monoisotopic (exact) mass is 309 g/mol. The molecule has 0 aromatic heterocycles. The molecule has 2 rings (SSSR count). The van der Waals surface area contributed by atoms with Crippen molar-refractivity contribution in [1.82, 2.24) is 0 Å². The number of ether oxygens (including phenoxy) is 1. The van der Waals surface area contributed by atoms with E-state index in [4.69, 9.17) is 10.5 Å².